The summed E-state index contributed by atoms with van der Waals surface area (Å²) in [5.74, 6) is -2.65. The predicted octanol–water partition coefficient (Wildman–Crippen LogP) is 6.33. The summed E-state index contributed by atoms with van der Waals surface area (Å²) in [6, 6.07) is 13.4. The van der Waals surface area contributed by atoms with Crippen LogP contribution in [0.25, 0.3) is 43.1 Å². The Labute approximate surface area is 329 Å². The number of phenolic OH excluding ortho intramolecular Hbond substituents is 4. The van der Waals surface area contributed by atoms with Crippen molar-refractivity contribution < 1.29 is 58.4 Å². The number of aromatic hydroxyl groups is 4. The topological polar surface area (TPSA) is 205 Å². The smallest absolute Gasteiger partial charge is 0.338 e. The molecule has 0 radical (unpaired) electrons. The Morgan fingerprint density at radius 3 is 1.16 bits per heavy atom. The average Bonchev–Trinajstić information content (AvgIpc) is 3.19. The molecule has 7 aromatic rings. The number of carbonyl (C=O) groups excluding carboxylic acids is 2. The number of ether oxygens (including phenoxy) is 6. The van der Waals surface area contributed by atoms with Crippen molar-refractivity contribution in [2.75, 3.05) is 28.4 Å². The molecule has 14 nitrogen and oxygen atoms in total. The van der Waals surface area contributed by atoms with Gasteiger partial charge in [0, 0.05) is 57.6 Å². The van der Waals surface area contributed by atoms with Crippen LogP contribution in [0.1, 0.15) is 45.7 Å². The number of benzene rings is 7. The lowest BCUT2D eigenvalue weighted by molar-refractivity contribution is 0.0331. The molecule has 0 aliphatic carbocycles. The summed E-state index contributed by atoms with van der Waals surface area (Å²) in [6.45, 7) is 3.23. The molecule has 298 valence electrons. The van der Waals surface area contributed by atoms with Crippen molar-refractivity contribution in [1.29, 1.82) is 0 Å². The fraction of sp³-hybridized carbons (Fsp3) is 0.227. The summed E-state index contributed by atoms with van der Waals surface area (Å²) < 4.78 is 34.9. The predicted molar refractivity (Wildman–Crippen MR) is 214 cm³/mol. The molecule has 2 unspecified atom stereocenters. The summed E-state index contributed by atoms with van der Waals surface area (Å²) >= 11 is 0. The molecule has 7 aromatic carbocycles. The first kappa shape index (κ1) is 39.0. The van der Waals surface area contributed by atoms with Crippen LogP contribution in [0.15, 0.2) is 70.3 Å². The quantitative estimate of drug-likeness (QED) is 0.0607. The van der Waals surface area contributed by atoms with Gasteiger partial charge in [0.2, 0.25) is 0 Å². The van der Waals surface area contributed by atoms with Crippen molar-refractivity contribution in [3.05, 3.63) is 103 Å². The Morgan fingerprint density at radius 1 is 0.500 bits per heavy atom. The highest BCUT2D eigenvalue weighted by atomic mass is 16.5. The zero-order valence-electron chi connectivity index (χ0n) is 32.2. The third kappa shape index (κ3) is 6.32. The van der Waals surface area contributed by atoms with Gasteiger partial charge in [0.15, 0.2) is 33.9 Å². The maximum Gasteiger partial charge on any atom is 0.338 e. The summed E-state index contributed by atoms with van der Waals surface area (Å²) in [4.78, 5) is 54.6. The van der Waals surface area contributed by atoms with Gasteiger partial charge in [-0.25, -0.2) is 9.59 Å². The highest BCUT2D eigenvalue weighted by Gasteiger charge is 2.34. The Kier molecular flexibility index (Phi) is 10.1. The third-order valence-corrected chi connectivity index (χ3v) is 10.2. The number of carbonyl (C=O) groups is 2. The van der Waals surface area contributed by atoms with Crippen LogP contribution >= 0.6 is 0 Å². The molecule has 0 bridgehead atoms. The zero-order valence-corrected chi connectivity index (χ0v) is 32.2. The van der Waals surface area contributed by atoms with E-state index in [9.17, 15) is 39.6 Å². The molecule has 2 atom stereocenters. The standard InChI is InChI=1S/C44H38O14/c1-19(57-43(51)21-7-11-23(45)12-8-21)15-25-31-32-26(16-20(2)58-44(52)22-9-13-24(46)14-10-22)42(56-6)40(50)34-28(48)18-30(54-4)36(38(32)34)35-29(53-3)17-27(47)33(37(31)35)39(49)41(25)55-5/h7-14,17-20,45-46,49-50H,15-16H2,1-6H3. The maximum absolute atomic E-state index is 14.0. The van der Waals surface area contributed by atoms with Gasteiger partial charge < -0.3 is 48.8 Å². The molecule has 0 aliphatic heterocycles. The van der Waals surface area contributed by atoms with E-state index in [2.05, 4.69) is 0 Å². The molecule has 0 spiro atoms. The SMILES string of the molecule is COc1c(O)c2c(=O)cc(OC)c3c4c(OC)cc(=O)c5c(O)c(OC)c(CC(C)OC(=O)c6ccc(O)cc6)c(c(c1CC(C)OC(=O)c1ccc(O)cc1)c23)c54. The third-order valence-electron chi connectivity index (χ3n) is 10.2. The number of phenols is 4. The highest BCUT2D eigenvalue weighted by molar-refractivity contribution is 6.38. The maximum atomic E-state index is 14.0. The second-order valence-electron chi connectivity index (χ2n) is 13.8. The zero-order chi connectivity index (χ0) is 41.7. The van der Waals surface area contributed by atoms with Crippen LogP contribution in [-0.2, 0) is 22.3 Å². The van der Waals surface area contributed by atoms with Crippen LogP contribution in [0.3, 0.4) is 0 Å². The minimum Gasteiger partial charge on any atom is -0.508 e. The van der Waals surface area contributed by atoms with E-state index >= 15 is 0 Å². The Hall–Kier alpha value is -7.22. The van der Waals surface area contributed by atoms with E-state index in [0.717, 1.165) is 0 Å². The van der Waals surface area contributed by atoms with Gasteiger partial charge >= 0.3 is 11.9 Å². The molecule has 0 fully saturated rings. The van der Waals surface area contributed by atoms with Gasteiger partial charge in [0.25, 0.3) is 0 Å². The van der Waals surface area contributed by atoms with E-state index in [1.807, 2.05) is 0 Å². The van der Waals surface area contributed by atoms with Gasteiger partial charge in [-0.2, -0.15) is 0 Å². The molecular formula is C44H38O14. The van der Waals surface area contributed by atoms with Crippen LogP contribution in [-0.4, -0.2) is 73.0 Å². The van der Waals surface area contributed by atoms with E-state index in [-0.39, 0.29) is 113 Å². The van der Waals surface area contributed by atoms with Crippen molar-refractivity contribution in [1.82, 2.24) is 0 Å². The number of hydrogen-bond acceptors (Lipinski definition) is 14. The normalized spacial score (nSPS) is 12.5. The van der Waals surface area contributed by atoms with Gasteiger partial charge in [0.1, 0.15) is 35.2 Å². The first-order valence-electron chi connectivity index (χ1n) is 18.0. The van der Waals surface area contributed by atoms with E-state index < -0.39 is 46.5 Å². The monoisotopic (exact) mass is 790 g/mol. The van der Waals surface area contributed by atoms with Crippen molar-refractivity contribution in [2.24, 2.45) is 0 Å². The average molecular weight is 791 g/mol. The Morgan fingerprint density at radius 2 is 0.845 bits per heavy atom. The van der Waals surface area contributed by atoms with Crippen molar-refractivity contribution in [2.45, 2.75) is 38.9 Å². The molecule has 0 heterocycles. The Bertz CT molecular complexity index is 2670. The second kappa shape index (κ2) is 15.0. The first-order chi connectivity index (χ1) is 27.7. The molecule has 14 heteroatoms. The first-order valence-corrected chi connectivity index (χ1v) is 18.0. The van der Waals surface area contributed by atoms with Crippen LogP contribution in [0.2, 0.25) is 0 Å². The number of hydrogen-bond donors (Lipinski definition) is 4. The lowest BCUT2D eigenvalue weighted by Crippen LogP contribution is -2.20. The number of rotatable bonds is 12. The molecule has 0 aliphatic rings. The van der Waals surface area contributed by atoms with Gasteiger partial charge in [-0.1, -0.05) is 0 Å². The number of methoxy groups -OCH3 is 4. The minimum atomic E-state index is -0.922. The summed E-state index contributed by atoms with van der Waals surface area (Å²) in [5, 5.41) is 44.4. The summed E-state index contributed by atoms with van der Waals surface area (Å²) in [6.07, 6.45) is -2.10. The Balaban J connectivity index is 1.61. The summed E-state index contributed by atoms with van der Waals surface area (Å²) in [7, 11) is 5.31. The molecular weight excluding hydrogens is 752 g/mol. The van der Waals surface area contributed by atoms with E-state index in [1.54, 1.807) is 13.8 Å². The number of fused-ring (bicyclic) bond motifs is 2. The van der Waals surface area contributed by atoms with Crippen LogP contribution < -0.4 is 29.8 Å². The van der Waals surface area contributed by atoms with Gasteiger partial charge in [-0.05, 0) is 73.2 Å². The molecule has 0 aromatic heterocycles. The van der Waals surface area contributed by atoms with Crippen molar-refractivity contribution in [3.8, 4) is 46.0 Å². The highest BCUT2D eigenvalue weighted by Crippen LogP contribution is 2.55. The molecule has 0 saturated carbocycles. The van der Waals surface area contributed by atoms with Crippen LogP contribution in [0, 0.1) is 0 Å². The lowest BCUT2D eigenvalue weighted by atomic mass is 9.81. The molecule has 0 saturated heterocycles. The molecule has 4 N–H and O–H groups in total. The van der Waals surface area contributed by atoms with Crippen molar-refractivity contribution in [3.63, 3.8) is 0 Å². The molecule has 0 amide bonds. The molecule has 58 heavy (non-hydrogen) atoms. The molecule has 7 rings (SSSR count). The largest absolute Gasteiger partial charge is 0.508 e. The summed E-state index contributed by atoms with van der Waals surface area (Å²) in [5.41, 5.74) is -0.444. The number of esters is 2. The van der Waals surface area contributed by atoms with Crippen LogP contribution in [0.4, 0.5) is 0 Å². The van der Waals surface area contributed by atoms with Crippen molar-refractivity contribution >= 4 is 55.0 Å². The van der Waals surface area contributed by atoms with Crippen LogP contribution in [0.5, 0.6) is 46.0 Å². The lowest BCUT2D eigenvalue weighted by Gasteiger charge is -2.26. The fourth-order valence-electron chi connectivity index (χ4n) is 7.84. The fourth-order valence-corrected chi connectivity index (χ4v) is 7.84. The van der Waals surface area contributed by atoms with Gasteiger partial charge in [-0.3, -0.25) is 9.59 Å². The second-order valence-corrected chi connectivity index (χ2v) is 13.8. The minimum absolute atomic E-state index is 0.0434. The van der Waals surface area contributed by atoms with Gasteiger partial charge in [-0.15, -0.1) is 0 Å². The van der Waals surface area contributed by atoms with E-state index in [0.29, 0.717) is 0 Å². The van der Waals surface area contributed by atoms with E-state index in [1.165, 1.54) is 89.1 Å². The van der Waals surface area contributed by atoms with Gasteiger partial charge in [0.05, 0.1) is 50.3 Å². The van der Waals surface area contributed by atoms with E-state index in [4.69, 9.17) is 28.4 Å².